The van der Waals surface area contributed by atoms with E-state index >= 15 is 0 Å². The second kappa shape index (κ2) is 13.9. The number of hydrogen-bond acceptors (Lipinski definition) is 4. The molecule has 4 rings (SSSR count). The first-order valence-electron chi connectivity index (χ1n) is 13.3. The Labute approximate surface area is 230 Å². The Morgan fingerprint density at radius 1 is 0.921 bits per heavy atom. The molecule has 0 saturated heterocycles. The number of amides is 2. The van der Waals surface area contributed by atoms with E-state index in [0.717, 1.165) is 35.4 Å². The summed E-state index contributed by atoms with van der Waals surface area (Å²) in [6, 6.07) is 22.0. The Balaban J connectivity index is 1.37. The third-order valence-electron chi connectivity index (χ3n) is 7.06. The normalized spacial score (nSPS) is 14.4. The molecule has 0 spiro atoms. The SMILES string of the molecule is COc1ccc(NCCNC(=O)[C@H](CC2CCCCC2)NC(=O)c2cccc(-c3ccc(Cl)cc3)c2)cc1. The molecule has 1 saturated carbocycles. The molecule has 0 radical (unpaired) electrons. The first-order chi connectivity index (χ1) is 18.5. The summed E-state index contributed by atoms with van der Waals surface area (Å²) in [4.78, 5) is 26.5. The number of anilines is 1. The summed E-state index contributed by atoms with van der Waals surface area (Å²) in [6.45, 7) is 1.03. The van der Waals surface area contributed by atoms with E-state index in [9.17, 15) is 9.59 Å². The van der Waals surface area contributed by atoms with E-state index in [0.29, 0.717) is 36.0 Å². The molecule has 3 aromatic carbocycles. The van der Waals surface area contributed by atoms with Gasteiger partial charge in [-0.1, -0.05) is 68.0 Å². The molecule has 6 nitrogen and oxygen atoms in total. The minimum atomic E-state index is -0.578. The van der Waals surface area contributed by atoms with Crippen LogP contribution < -0.4 is 20.7 Å². The topological polar surface area (TPSA) is 79.5 Å². The highest BCUT2D eigenvalue weighted by atomic mass is 35.5. The summed E-state index contributed by atoms with van der Waals surface area (Å²) < 4.78 is 5.19. The van der Waals surface area contributed by atoms with Crippen molar-refractivity contribution in [1.82, 2.24) is 10.6 Å². The lowest BCUT2D eigenvalue weighted by atomic mass is 9.84. The van der Waals surface area contributed by atoms with E-state index < -0.39 is 6.04 Å². The number of carbonyl (C=O) groups excluding carboxylic acids is 2. The van der Waals surface area contributed by atoms with Crippen LogP contribution in [-0.2, 0) is 4.79 Å². The average molecular weight is 534 g/mol. The summed E-state index contributed by atoms with van der Waals surface area (Å²) in [7, 11) is 1.64. The molecule has 200 valence electrons. The maximum absolute atomic E-state index is 13.3. The number of rotatable bonds is 11. The second-order valence-corrected chi connectivity index (χ2v) is 10.2. The summed E-state index contributed by atoms with van der Waals surface area (Å²) >= 11 is 6.02. The molecular formula is C31H36ClN3O3. The van der Waals surface area contributed by atoms with Gasteiger partial charge >= 0.3 is 0 Å². The van der Waals surface area contributed by atoms with Gasteiger partial charge in [-0.3, -0.25) is 9.59 Å². The highest BCUT2D eigenvalue weighted by molar-refractivity contribution is 6.30. The number of benzene rings is 3. The standard InChI is InChI=1S/C31H36ClN3O3/c1-38-28-16-14-27(15-17-28)33-18-19-34-31(37)29(20-22-6-3-2-4-7-22)35-30(36)25-9-5-8-24(21-25)23-10-12-26(32)13-11-23/h5,8-17,21-22,29,33H,2-4,6-7,18-20H2,1H3,(H,34,37)(H,35,36)/t29-/m0/s1. The van der Waals surface area contributed by atoms with Crippen LogP contribution in [0, 0.1) is 5.92 Å². The lowest BCUT2D eigenvalue weighted by Gasteiger charge is -2.26. The van der Waals surface area contributed by atoms with Crippen molar-refractivity contribution in [1.29, 1.82) is 0 Å². The van der Waals surface area contributed by atoms with Gasteiger partial charge < -0.3 is 20.7 Å². The van der Waals surface area contributed by atoms with Crippen LogP contribution in [0.15, 0.2) is 72.8 Å². The molecule has 1 fully saturated rings. The summed E-state index contributed by atoms with van der Waals surface area (Å²) in [5, 5.41) is 10.0. The van der Waals surface area contributed by atoms with Gasteiger partial charge in [0.2, 0.25) is 5.91 Å². The van der Waals surface area contributed by atoms with E-state index in [1.807, 2.05) is 66.7 Å². The van der Waals surface area contributed by atoms with Crippen molar-refractivity contribution in [3.05, 3.63) is 83.4 Å². The minimum Gasteiger partial charge on any atom is -0.497 e. The van der Waals surface area contributed by atoms with Crippen LogP contribution in [0.1, 0.15) is 48.9 Å². The molecule has 3 N–H and O–H groups in total. The van der Waals surface area contributed by atoms with Crippen molar-refractivity contribution in [3.63, 3.8) is 0 Å². The number of carbonyl (C=O) groups is 2. The van der Waals surface area contributed by atoms with Crippen LogP contribution in [0.5, 0.6) is 5.75 Å². The quantitative estimate of drug-likeness (QED) is 0.252. The molecule has 1 aliphatic rings. The Hall–Kier alpha value is -3.51. The number of ether oxygens (including phenoxy) is 1. The van der Waals surface area contributed by atoms with Crippen LogP contribution in [0.3, 0.4) is 0 Å². The van der Waals surface area contributed by atoms with Crippen LogP contribution in [0.25, 0.3) is 11.1 Å². The highest BCUT2D eigenvalue weighted by Crippen LogP contribution is 2.28. The monoisotopic (exact) mass is 533 g/mol. The molecule has 1 aliphatic carbocycles. The van der Waals surface area contributed by atoms with Crippen molar-refractivity contribution in [2.75, 3.05) is 25.5 Å². The van der Waals surface area contributed by atoms with E-state index in [2.05, 4.69) is 16.0 Å². The Kier molecular flexibility index (Phi) is 10.0. The smallest absolute Gasteiger partial charge is 0.251 e. The maximum atomic E-state index is 13.3. The molecule has 0 heterocycles. The average Bonchev–Trinajstić information content (AvgIpc) is 2.96. The van der Waals surface area contributed by atoms with Crippen molar-refractivity contribution in [2.24, 2.45) is 5.92 Å². The Bertz CT molecular complexity index is 1190. The van der Waals surface area contributed by atoms with Gasteiger partial charge in [-0.2, -0.15) is 0 Å². The molecule has 2 amide bonds. The van der Waals surface area contributed by atoms with E-state index in [1.54, 1.807) is 13.2 Å². The molecule has 38 heavy (non-hydrogen) atoms. The van der Waals surface area contributed by atoms with Crippen molar-refractivity contribution in [2.45, 2.75) is 44.6 Å². The van der Waals surface area contributed by atoms with Crippen molar-refractivity contribution in [3.8, 4) is 16.9 Å². The van der Waals surface area contributed by atoms with Gasteiger partial charge in [0.05, 0.1) is 7.11 Å². The van der Waals surface area contributed by atoms with Crippen molar-refractivity contribution >= 4 is 29.1 Å². The van der Waals surface area contributed by atoms with E-state index in [4.69, 9.17) is 16.3 Å². The molecule has 0 aliphatic heterocycles. The minimum absolute atomic E-state index is 0.144. The van der Waals surface area contributed by atoms with Crippen LogP contribution in [0.4, 0.5) is 5.69 Å². The second-order valence-electron chi connectivity index (χ2n) is 9.80. The van der Waals surface area contributed by atoms with Gasteiger partial charge in [-0.25, -0.2) is 0 Å². The molecule has 1 atom stereocenters. The number of methoxy groups -OCH3 is 1. The third kappa shape index (κ3) is 7.99. The van der Waals surface area contributed by atoms with Gasteiger partial charge in [-0.15, -0.1) is 0 Å². The van der Waals surface area contributed by atoms with E-state index in [1.165, 1.54) is 19.3 Å². The molecule has 3 aromatic rings. The first kappa shape index (κ1) is 27.5. The summed E-state index contributed by atoms with van der Waals surface area (Å²) in [6.07, 6.45) is 6.47. The van der Waals surface area contributed by atoms with Gasteiger partial charge in [0.1, 0.15) is 11.8 Å². The highest BCUT2D eigenvalue weighted by Gasteiger charge is 2.26. The third-order valence-corrected chi connectivity index (χ3v) is 7.31. The number of hydrogen-bond donors (Lipinski definition) is 3. The molecule has 0 aromatic heterocycles. The summed E-state index contributed by atoms with van der Waals surface area (Å²) in [5.74, 6) is 0.851. The fraction of sp³-hybridized carbons (Fsp3) is 0.355. The largest absolute Gasteiger partial charge is 0.497 e. The maximum Gasteiger partial charge on any atom is 0.251 e. The zero-order valence-corrected chi connectivity index (χ0v) is 22.6. The number of nitrogens with one attached hydrogen (secondary N) is 3. The van der Waals surface area contributed by atoms with Crippen molar-refractivity contribution < 1.29 is 14.3 Å². The Morgan fingerprint density at radius 3 is 2.37 bits per heavy atom. The molecule has 0 bridgehead atoms. The molecule has 7 heteroatoms. The number of halogens is 1. The van der Waals surface area contributed by atoms with E-state index in [-0.39, 0.29) is 11.8 Å². The van der Waals surface area contributed by atoms with Gasteiger partial charge in [-0.05, 0) is 72.0 Å². The van der Waals surface area contributed by atoms with Gasteiger partial charge in [0.25, 0.3) is 5.91 Å². The zero-order chi connectivity index (χ0) is 26.7. The first-order valence-corrected chi connectivity index (χ1v) is 13.7. The predicted molar refractivity (Wildman–Crippen MR) is 154 cm³/mol. The summed E-state index contributed by atoms with van der Waals surface area (Å²) in [5.41, 5.74) is 3.38. The van der Waals surface area contributed by atoms with Gasteiger partial charge in [0.15, 0.2) is 0 Å². The zero-order valence-electron chi connectivity index (χ0n) is 21.8. The Morgan fingerprint density at radius 2 is 1.66 bits per heavy atom. The van der Waals surface area contributed by atoms with Crippen LogP contribution in [-0.4, -0.2) is 38.1 Å². The lowest BCUT2D eigenvalue weighted by Crippen LogP contribution is -2.48. The fourth-order valence-electron chi connectivity index (χ4n) is 4.94. The van der Waals surface area contributed by atoms with Crippen LogP contribution in [0.2, 0.25) is 5.02 Å². The fourth-order valence-corrected chi connectivity index (χ4v) is 5.06. The lowest BCUT2D eigenvalue weighted by molar-refractivity contribution is -0.123. The molecular weight excluding hydrogens is 498 g/mol. The van der Waals surface area contributed by atoms with Gasteiger partial charge in [0, 0.05) is 29.4 Å². The predicted octanol–water partition coefficient (Wildman–Crippen LogP) is 6.31. The molecule has 0 unspecified atom stereocenters. The van der Waals surface area contributed by atoms with Crippen LogP contribution >= 0.6 is 11.6 Å².